The predicted octanol–water partition coefficient (Wildman–Crippen LogP) is 1.24. The van der Waals surface area contributed by atoms with E-state index < -0.39 is 11.9 Å². The van der Waals surface area contributed by atoms with E-state index in [1.807, 2.05) is 0 Å². The van der Waals surface area contributed by atoms with Crippen LogP contribution in [0.2, 0.25) is 0 Å². The van der Waals surface area contributed by atoms with Crippen LogP contribution in [-0.4, -0.2) is 41.8 Å². The number of rotatable bonds is 2. The van der Waals surface area contributed by atoms with Gasteiger partial charge in [-0.25, -0.2) is 9.59 Å². The molecule has 0 aromatic heterocycles. The van der Waals surface area contributed by atoms with E-state index in [4.69, 9.17) is 25.5 Å². The quantitative estimate of drug-likeness (QED) is 0.709. The summed E-state index contributed by atoms with van der Waals surface area (Å²) in [5, 5.41) is 14.8. The standard InChI is InChI=1S/C13H20N2.C2H2O4/c1-10-3-4-13(11(2)7-10)15-6-5-12(8-14)9-15;3-1(4)2(5)6/h3-4,7,12H,5-6,8-9,14H2,1-2H3;(H,3,4)(H,5,6). The minimum Gasteiger partial charge on any atom is -0.473 e. The Morgan fingerprint density at radius 1 is 1.29 bits per heavy atom. The van der Waals surface area contributed by atoms with E-state index >= 15 is 0 Å². The minimum absolute atomic E-state index is 0.686. The number of benzene rings is 1. The highest BCUT2D eigenvalue weighted by Gasteiger charge is 2.22. The first-order valence-electron chi connectivity index (χ1n) is 6.83. The van der Waals surface area contributed by atoms with Gasteiger partial charge in [0.25, 0.3) is 0 Å². The van der Waals surface area contributed by atoms with Crippen LogP contribution in [0.4, 0.5) is 5.69 Å². The lowest BCUT2D eigenvalue weighted by Crippen LogP contribution is -2.23. The van der Waals surface area contributed by atoms with Crippen molar-refractivity contribution in [3.05, 3.63) is 29.3 Å². The van der Waals surface area contributed by atoms with Gasteiger partial charge in [-0.1, -0.05) is 17.7 Å². The summed E-state index contributed by atoms with van der Waals surface area (Å²) in [4.78, 5) is 20.7. The number of carbonyl (C=O) groups is 2. The number of aliphatic carboxylic acids is 2. The second kappa shape index (κ2) is 7.64. The molecule has 6 nitrogen and oxygen atoms in total. The molecule has 4 N–H and O–H groups in total. The maximum absolute atomic E-state index is 9.10. The van der Waals surface area contributed by atoms with E-state index in [1.54, 1.807) is 0 Å². The van der Waals surface area contributed by atoms with Crippen LogP contribution in [0.3, 0.4) is 0 Å². The fourth-order valence-corrected chi connectivity index (χ4v) is 2.40. The number of nitrogens with two attached hydrogens (primary N) is 1. The first-order valence-corrected chi connectivity index (χ1v) is 6.83. The highest BCUT2D eigenvalue weighted by atomic mass is 16.4. The van der Waals surface area contributed by atoms with Gasteiger partial charge in [-0.3, -0.25) is 0 Å². The molecule has 1 aromatic rings. The third-order valence-corrected chi connectivity index (χ3v) is 3.50. The van der Waals surface area contributed by atoms with E-state index in [9.17, 15) is 0 Å². The van der Waals surface area contributed by atoms with Crippen LogP contribution in [0.25, 0.3) is 0 Å². The highest BCUT2D eigenvalue weighted by Crippen LogP contribution is 2.26. The molecular formula is C15H22N2O4. The second-order valence-electron chi connectivity index (χ2n) is 5.24. The number of hydrogen-bond donors (Lipinski definition) is 3. The third-order valence-electron chi connectivity index (χ3n) is 3.50. The molecule has 1 aliphatic heterocycles. The van der Waals surface area contributed by atoms with Crippen LogP contribution in [0.15, 0.2) is 18.2 Å². The lowest BCUT2D eigenvalue weighted by Gasteiger charge is -2.21. The lowest BCUT2D eigenvalue weighted by atomic mass is 10.1. The summed E-state index contributed by atoms with van der Waals surface area (Å²) >= 11 is 0. The Morgan fingerprint density at radius 2 is 1.90 bits per heavy atom. The molecular weight excluding hydrogens is 272 g/mol. The summed E-state index contributed by atoms with van der Waals surface area (Å²) < 4.78 is 0. The monoisotopic (exact) mass is 294 g/mol. The van der Waals surface area contributed by atoms with Crippen molar-refractivity contribution in [3.8, 4) is 0 Å². The van der Waals surface area contributed by atoms with E-state index in [0.29, 0.717) is 5.92 Å². The maximum atomic E-state index is 9.10. The van der Waals surface area contributed by atoms with Gasteiger partial charge in [-0.15, -0.1) is 0 Å². The van der Waals surface area contributed by atoms with Crippen molar-refractivity contribution in [2.75, 3.05) is 24.5 Å². The Morgan fingerprint density at radius 3 is 2.33 bits per heavy atom. The second-order valence-corrected chi connectivity index (χ2v) is 5.24. The van der Waals surface area contributed by atoms with Gasteiger partial charge in [0.05, 0.1) is 0 Å². The molecule has 0 bridgehead atoms. The zero-order valence-corrected chi connectivity index (χ0v) is 12.4. The lowest BCUT2D eigenvalue weighted by molar-refractivity contribution is -0.159. The molecule has 0 spiro atoms. The molecule has 0 radical (unpaired) electrons. The Labute approximate surface area is 124 Å². The van der Waals surface area contributed by atoms with Crippen molar-refractivity contribution in [2.45, 2.75) is 20.3 Å². The summed E-state index contributed by atoms with van der Waals surface area (Å²) in [6, 6.07) is 6.69. The molecule has 2 rings (SSSR count). The van der Waals surface area contributed by atoms with Crippen LogP contribution in [-0.2, 0) is 9.59 Å². The van der Waals surface area contributed by atoms with Crippen molar-refractivity contribution in [1.29, 1.82) is 0 Å². The maximum Gasteiger partial charge on any atom is 0.414 e. The molecule has 116 valence electrons. The SMILES string of the molecule is Cc1ccc(N2CCC(CN)C2)c(C)c1.O=C(O)C(=O)O. The molecule has 1 atom stereocenters. The summed E-state index contributed by atoms with van der Waals surface area (Å²) in [5.41, 5.74) is 9.82. The fraction of sp³-hybridized carbons (Fsp3) is 0.467. The summed E-state index contributed by atoms with van der Waals surface area (Å²) in [5.74, 6) is -2.96. The van der Waals surface area contributed by atoms with Gasteiger partial charge >= 0.3 is 11.9 Å². The van der Waals surface area contributed by atoms with Gasteiger partial charge in [0.15, 0.2) is 0 Å². The van der Waals surface area contributed by atoms with Crippen molar-refractivity contribution in [2.24, 2.45) is 11.7 Å². The number of carboxylic acids is 2. The van der Waals surface area contributed by atoms with Gasteiger partial charge in [0, 0.05) is 18.8 Å². The molecule has 1 aliphatic rings. The summed E-state index contributed by atoms with van der Waals surface area (Å²) in [6.07, 6.45) is 1.24. The number of nitrogens with zero attached hydrogens (tertiary/aromatic N) is 1. The number of hydrogen-bond acceptors (Lipinski definition) is 4. The van der Waals surface area contributed by atoms with Gasteiger partial charge in [0.1, 0.15) is 0 Å². The molecule has 1 aromatic carbocycles. The van der Waals surface area contributed by atoms with Crippen molar-refractivity contribution < 1.29 is 19.8 Å². The van der Waals surface area contributed by atoms with Crippen LogP contribution < -0.4 is 10.6 Å². The van der Waals surface area contributed by atoms with E-state index in [2.05, 4.69) is 36.9 Å². The average molecular weight is 294 g/mol. The Bertz CT molecular complexity index is 504. The van der Waals surface area contributed by atoms with Gasteiger partial charge < -0.3 is 20.8 Å². The van der Waals surface area contributed by atoms with Crippen LogP contribution in [0.5, 0.6) is 0 Å². The first-order chi connectivity index (χ1) is 9.85. The Hall–Kier alpha value is -2.08. The Kier molecular flexibility index (Phi) is 6.17. The van der Waals surface area contributed by atoms with Crippen LogP contribution in [0, 0.1) is 19.8 Å². The molecule has 0 amide bonds. The predicted molar refractivity (Wildman–Crippen MR) is 80.6 cm³/mol. The molecule has 0 aliphatic carbocycles. The molecule has 1 saturated heterocycles. The minimum atomic E-state index is -1.82. The molecule has 1 unspecified atom stereocenters. The van der Waals surface area contributed by atoms with E-state index in [1.165, 1.54) is 23.2 Å². The summed E-state index contributed by atoms with van der Waals surface area (Å²) in [7, 11) is 0. The molecule has 0 saturated carbocycles. The fourth-order valence-electron chi connectivity index (χ4n) is 2.40. The molecule has 1 heterocycles. The molecule has 6 heteroatoms. The molecule has 21 heavy (non-hydrogen) atoms. The van der Waals surface area contributed by atoms with Crippen molar-refractivity contribution in [1.82, 2.24) is 0 Å². The largest absolute Gasteiger partial charge is 0.473 e. The normalized spacial score (nSPS) is 17.1. The van der Waals surface area contributed by atoms with Crippen LogP contribution >= 0.6 is 0 Å². The van der Waals surface area contributed by atoms with E-state index in [-0.39, 0.29) is 0 Å². The smallest absolute Gasteiger partial charge is 0.414 e. The topological polar surface area (TPSA) is 104 Å². The highest BCUT2D eigenvalue weighted by molar-refractivity contribution is 6.27. The number of aryl methyl sites for hydroxylation is 2. The third kappa shape index (κ3) is 5.07. The van der Waals surface area contributed by atoms with Crippen molar-refractivity contribution >= 4 is 17.6 Å². The van der Waals surface area contributed by atoms with E-state index in [0.717, 1.165) is 19.6 Å². The van der Waals surface area contributed by atoms with Gasteiger partial charge in [-0.05, 0) is 44.4 Å². The van der Waals surface area contributed by atoms with Crippen molar-refractivity contribution in [3.63, 3.8) is 0 Å². The Balaban J connectivity index is 0.000000315. The zero-order valence-electron chi connectivity index (χ0n) is 12.4. The number of carboxylic acid groups (broad SMARTS) is 2. The van der Waals surface area contributed by atoms with Crippen LogP contribution in [0.1, 0.15) is 17.5 Å². The first kappa shape index (κ1) is 17.0. The van der Waals surface area contributed by atoms with Gasteiger partial charge in [0.2, 0.25) is 0 Å². The summed E-state index contributed by atoms with van der Waals surface area (Å²) in [6.45, 7) is 7.44. The number of anilines is 1. The van der Waals surface area contributed by atoms with Gasteiger partial charge in [-0.2, -0.15) is 0 Å². The average Bonchev–Trinajstić information content (AvgIpc) is 2.88. The molecule has 1 fully saturated rings. The zero-order chi connectivity index (χ0) is 16.0.